The van der Waals surface area contributed by atoms with Gasteiger partial charge in [-0.3, -0.25) is 4.79 Å². The average molecular weight is 282 g/mol. The first kappa shape index (κ1) is 16.1. The van der Waals surface area contributed by atoms with Gasteiger partial charge in [-0.2, -0.15) is 0 Å². The first-order valence-corrected chi connectivity index (χ1v) is 6.10. The van der Waals surface area contributed by atoms with Crippen LogP contribution < -0.4 is 11.1 Å². The highest BCUT2D eigenvalue weighted by Gasteiger charge is 2.40. The molecule has 1 rings (SSSR count). The number of carboxylic acids is 1. The Bertz CT molecular complexity index is 548. The summed E-state index contributed by atoms with van der Waals surface area (Å²) in [6.07, 6.45) is 0. The largest absolute Gasteiger partial charge is 0.478 e. The van der Waals surface area contributed by atoms with Gasteiger partial charge in [-0.1, -0.05) is 0 Å². The second-order valence-electron chi connectivity index (χ2n) is 5.80. The fraction of sp³-hybridized carbons (Fsp3) is 0.429. The number of anilines is 1. The molecule has 0 aliphatic heterocycles. The molecular weight excluding hydrogens is 263 g/mol. The fourth-order valence-electron chi connectivity index (χ4n) is 1.37. The molecule has 0 heterocycles. The average Bonchev–Trinajstić information content (AvgIpc) is 2.29. The number of halogens is 1. The van der Waals surface area contributed by atoms with Crippen LogP contribution in [0, 0.1) is 11.2 Å². The van der Waals surface area contributed by atoms with E-state index in [-0.39, 0.29) is 11.3 Å². The third-order valence-corrected chi connectivity index (χ3v) is 3.64. The number of rotatable bonds is 4. The highest BCUT2D eigenvalue weighted by Crippen LogP contribution is 2.30. The minimum absolute atomic E-state index is 0.0428. The number of hydrogen-bond donors (Lipinski definition) is 3. The molecule has 0 bridgehead atoms. The molecule has 0 atom stereocenters. The van der Waals surface area contributed by atoms with E-state index in [1.807, 2.05) is 0 Å². The Morgan fingerprint density at radius 1 is 1.25 bits per heavy atom. The molecule has 1 amide bonds. The first-order chi connectivity index (χ1) is 8.96. The van der Waals surface area contributed by atoms with Crippen molar-refractivity contribution in [2.45, 2.75) is 33.2 Å². The summed E-state index contributed by atoms with van der Waals surface area (Å²) in [4.78, 5) is 23.3. The topological polar surface area (TPSA) is 92.4 Å². The van der Waals surface area contributed by atoms with Crippen molar-refractivity contribution in [2.24, 2.45) is 11.1 Å². The molecule has 110 valence electrons. The van der Waals surface area contributed by atoms with E-state index in [0.717, 1.165) is 12.1 Å². The van der Waals surface area contributed by atoms with Crippen LogP contribution in [0.15, 0.2) is 18.2 Å². The molecule has 1 aromatic carbocycles. The summed E-state index contributed by atoms with van der Waals surface area (Å²) >= 11 is 0. The van der Waals surface area contributed by atoms with Crippen molar-refractivity contribution in [3.63, 3.8) is 0 Å². The molecule has 0 aromatic heterocycles. The maximum atomic E-state index is 13.1. The summed E-state index contributed by atoms with van der Waals surface area (Å²) in [6.45, 7) is 6.73. The van der Waals surface area contributed by atoms with E-state index in [9.17, 15) is 14.0 Å². The lowest BCUT2D eigenvalue weighted by Gasteiger charge is -2.37. The van der Waals surface area contributed by atoms with Crippen molar-refractivity contribution in [3.8, 4) is 0 Å². The molecule has 6 heteroatoms. The summed E-state index contributed by atoms with van der Waals surface area (Å²) in [5.41, 5.74) is 3.96. The zero-order chi connectivity index (χ0) is 15.7. The summed E-state index contributed by atoms with van der Waals surface area (Å²) < 4.78 is 13.1. The predicted molar refractivity (Wildman–Crippen MR) is 74.0 cm³/mol. The summed E-state index contributed by atoms with van der Waals surface area (Å²) in [7, 11) is 0. The monoisotopic (exact) mass is 282 g/mol. The molecule has 20 heavy (non-hydrogen) atoms. The van der Waals surface area contributed by atoms with Crippen molar-refractivity contribution in [1.82, 2.24) is 0 Å². The Kier molecular flexibility index (Phi) is 4.19. The van der Waals surface area contributed by atoms with Gasteiger partial charge in [0.05, 0.1) is 16.7 Å². The van der Waals surface area contributed by atoms with Gasteiger partial charge in [0.25, 0.3) is 0 Å². The van der Waals surface area contributed by atoms with E-state index in [2.05, 4.69) is 5.32 Å². The molecule has 4 N–H and O–H groups in total. The molecule has 0 saturated carbocycles. The number of carboxylic acid groups (broad SMARTS) is 1. The van der Waals surface area contributed by atoms with E-state index in [0.29, 0.717) is 0 Å². The number of carbonyl (C=O) groups is 2. The Labute approximate surface area is 117 Å². The van der Waals surface area contributed by atoms with Gasteiger partial charge < -0.3 is 16.2 Å². The minimum atomic E-state index is -1.32. The molecule has 0 aliphatic rings. The molecule has 0 radical (unpaired) electrons. The third kappa shape index (κ3) is 3.14. The van der Waals surface area contributed by atoms with Crippen molar-refractivity contribution in [3.05, 3.63) is 29.6 Å². The normalized spacial score (nSPS) is 12.1. The molecule has 0 saturated heterocycles. The number of hydrogen-bond acceptors (Lipinski definition) is 3. The lowest BCUT2D eigenvalue weighted by molar-refractivity contribution is -0.126. The van der Waals surface area contributed by atoms with Crippen molar-refractivity contribution >= 4 is 17.6 Å². The molecule has 1 aromatic rings. The lowest BCUT2D eigenvalue weighted by Crippen LogP contribution is -2.53. The van der Waals surface area contributed by atoms with Crippen LogP contribution in [0.1, 0.15) is 38.1 Å². The van der Waals surface area contributed by atoms with Gasteiger partial charge in [-0.05, 0) is 45.9 Å². The van der Waals surface area contributed by atoms with Crippen molar-refractivity contribution < 1.29 is 19.1 Å². The molecular formula is C14H19FN2O3. The smallest absolute Gasteiger partial charge is 0.337 e. The van der Waals surface area contributed by atoms with Crippen LogP contribution in [0.5, 0.6) is 0 Å². The number of amides is 1. The van der Waals surface area contributed by atoms with Gasteiger partial charge >= 0.3 is 5.97 Å². The van der Waals surface area contributed by atoms with E-state index < -0.39 is 28.6 Å². The highest BCUT2D eigenvalue weighted by atomic mass is 19.1. The Morgan fingerprint density at radius 2 is 1.80 bits per heavy atom. The summed E-state index contributed by atoms with van der Waals surface area (Å²) in [6, 6.07) is 3.16. The van der Waals surface area contributed by atoms with Crippen LogP contribution in [0.2, 0.25) is 0 Å². The van der Waals surface area contributed by atoms with Crippen LogP contribution in [-0.4, -0.2) is 22.5 Å². The van der Waals surface area contributed by atoms with E-state index in [1.54, 1.807) is 27.7 Å². The Balaban J connectivity index is 3.12. The third-order valence-electron chi connectivity index (χ3n) is 3.64. The Morgan fingerprint density at radius 3 is 2.25 bits per heavy atom. The number of benzene rings is 1. The number of nitrogens with one attached hydrogen (secondary N) is 1. The molecule has 5 nitrogen and oxygen atoms in total. The zero-order valence-electron chi connectivity index (χ0n) is 12.0. The van der Waals surface area contributed by atoms with Gasteiger partial charge in [0.15, 0.2) is 0 Å². The minimum Gasteiger partial charge on any atom is -0.478 e. The van der Waals surface area contributed by atoms with E-state index in [4.69, 9.17) is 10.8 Å². The highest BCUT2D eigenvalue weighted by molar-refractivity contribution is 6.02. The molecule has 0 spiro atoms. The van der Waals surface area contributed by atoms with Gasteiger partial charge in [-0.15, -0.1) is 0 Å². The maximum Gasteiger partial charge on any atom is 0.337 e. The first-order valence-electron chi connectivity index (χ1n) is 6.10. The Hall–Kier alpha value is -1.95. The van der Waals surface area contributed by atoms with E-state index in [1.165, 1.54) is 6.07 Å². The van der Waals surface area contributed by atoms with Crippen LogP contribution in [0.3, 0.4) is 0 Å². The van der Waals surface area contributed by atoms with Gasteiger partial charge in [0, 0.05) is 5.54 Å². The zero-order valence-corrected chi connectivity index (χ0v) is 12.0. The SMILES string of the molecule is CC(C)(N)C(C)(C)C(=O)Nc1ccc(F)cc1C(=O)O. The number of nitrogens with two attached hydrogens (primary N) is 1. The molecule has 0 aliphatic carbocycles. The quantitative estimate of drug-likeness (QED) is 0.789. The van der Waals surface area contributed by atoms with Crippen LogP contribution in [0.25, 0.3) is 0 Å². The van der Waals surface area contributed by atoms with Gasteiger partial charge in [0.1, 0.15) is 5.82 Å². The van der Waals surface area contributed by atoms with Crippen LogP contribution in [-0.2, 0) is 4.79 Å². The number of aromatic carboxylic acids is 1. The fourth-order valence-corrected chi connectivity index (χ4v) is 1.37. The maximum absolute atomic E-state index is 13.1. The summed E-state index contributed by atoms with van der Waals surface area (Å²) in [5, 5.41) is 11.5. The van der Waals surface area contributed by atoms with Crippen LogP contribution in [0.4, 0.5) is 10.1 Å². The molecule has 0 fully saturated rings. The van der Waals surface area contributed by atoms with Crippen molar-refractivity contribution in [2.75, 3.05) is 5.32 Å². The second kappa shape index (κ2) is 5.20. The van der Waals surface area contributed by atoms with Gasteiger partial charge in [0.2, 0.25) is 5.91 Å². The van der Waals surface area contributed by atoms with E-state index >= 15 is 0 Å². The number of carbonyl (C=O) groups excluding carboxylic acids is 1. The lowest BCUT2D eigenvalue weighted by atomic mass is 9.74. The summed E-state index contributed by atoms with van der Waals surface area (Å²) in [5.74, 6) is -2.43. The standard InChI is InChI=1S/C14H19FN2O3/c1-13(2,14(3,4)16)12(20)17-10-6-5-8(15)7-9(10)11(18)19/h5-7H,16H2,1-4H3,(H,17,20)(H,18,19). The van der Waals surface area contributed by atoms with Gasteiger partial charge in [-0.25, -0.2) is 9.18 Å². The predicted octanol–water partition coefficient (Wildman–Crippen LogP) is 2.23. The second-order valence-corrected chi connectivity index (χ2v) is 5.80. The van der Waals surface area contributed by atoms with Crippen molar-refractivity contribution in [1.29, 1.82) is 0 Å². The molecule has 0 unspecified atom stereocenters. The van der Waals surface area contributed by atoms with Crippen LogP contribution >= 0.6 is 0 Å².